The monoisotopic (exact) mass is 229 g/mol. The summed E-state index contributed by atoms with van der Waals surface area (Å²) < 4.78 is 1.84. The molecule has 0 spiro atoms. The van der Waals surface area contributed by atoms with Gasteiger partial charge < -0.3 is 9.47 Å². The van der Waals surface area contributed by atoms with E-state index in [1.807, 2.05) is 61.1 Å². The lowest BCUT2D eigenvalue weighted by molar-refractivity contribution is 0.913. The van der Waals surface area contributed by atoms with Crippen molar-refractivity contribution in [1.29, 1.82) is 0 Å². The Morgan fingerprint density at radius 1 is 1.12 bits per heavy atom. The van der Waals surface area contributed by atoms with Crippen molar-refractivity contribution >= 4 is 17.2 Å². The van der Waals surface area contributed by atoms with Gasteiger partial charge >= 0.3 is 0 Å². The van der Waals surface area contributed by atoms with Crippen LogP contribution in [0.3, 0.4) is 0 Å². The lowest BCUT2D eigenvalue weighted by Crippen LogP contribution is -2.07. The Morgan fingerprint density at radius 3 is 2.35 bits per heavy atom. The molecule has 17 heavy (non-hydrogen) atoms. The first kappa shape index (κ1) is 11.3. The topological polar surface area (TPSA) is 45.8 Å². The van der Waals surface area contributed by atoms with Crippen LogP contribution >= 0.6 is 0 Å². The molecule has 5 nitrogen and oxygen atoms in total. The number of hydrogen-bond donors (Lipinski definition) is 0. The third kappa shape index (κ3) is 2.90. The van der Waals surface area contributed by atoms with Crippen LogP contribution in [0.2, 0.25) is 0 Å². The molecule has 0 aliphatic rings. The molecule has 2 aromatic rings. The van der Waals surface area contributed by atoms with Crippen LogP contribution in [0, 0.1) is 0 Å². The van der Waals surface area contributed by atoms with Gasteiger partial charge in [0.1, 0.15) is 0 Å². The molecule has 1 aromatic carbocycles. The lowest BCUT2D eigenvalue weighted by Gasteiger charge is -2.11. The number of benzene rings is 1. The van der Waals surface area contributed by atoms with E-state index in [0.29, 0.717) is 5.82 Å². The predicted octanol–water partition coefficient (Wildman–Crippen LogP) is 2.90. The molecule has 0 amide bonds. The average molecular weight is 229 g/mol. The number of anilines is 1. The number of imidazole rings is 1. The normalized spacial score (nSPS) is 11.0. The maximum absolute atomic E-state index is 4.12. The van der Waals surface area contributed by atoms with Crippen molar-refractivity contribution in [2.24, 2.45) is 17.3 Å². The molecule has 1 aromatic heterocycles. The van der Waals surface area contributed by atoms with E-state index in [9.17, 15) is 0 Å². The quantitative estimate of drug-likeness (QED) is 0.760. The van der Waals surface area contributed by atoms with Crippen LogP contribution in [0.4, 0.5) is 17.2 Å². The van der Waals surface area contributed by atoms with Gasteiger partial charge in [0.15, 0.2) is 5.82 Å². The standard InChI is InChI=1S/C12H15N5/c1-16(2)11-6-4-10(5-7-11)14-15-12-8-17(3)9-13-12/h4-9H,1-3H3. The Hall–Kier alpha value is -2.17. The molecule has 0 aliphatic heterocycles. The molecule has 0 saturated carbocycles. The van der Waals surface area contributed by atoms with Crippen LogP contribution in [0.25, 0.3) is 0 Å². The molecule has 0 fully saturated rings. The summed E-state index contributed by atoms with van der Waals surface area (Å²) in [6.07, 6.45) is 3.52. The fourth-order valence-electron chi connectivity index (χ4n) is 1.38. The first-order valence-corrected chi connectivity index (χ1v) is 5.32. The van der Waals surface area contributed by atoms with E-state index in [1.165, 1.54) is 0 Å². The van der Waals surface area contributed by atoms with Gasteiger partial charge in [-0.2, -0.15) is 0 Å². The van der Waals surface area contributed by atoms with E-state index in [-0.39, 0.29) is 0 Å². The number of aromatic nitrogens is 2. The van der Waals surface area contributed by atoms with Crippen molar-refractivity contribution in [3.05, 3.63) is 36.8 Å². The predicted molar refractivity (Wildman–Crippen MR) is 68.2 cm³/mol. The highest BCUT2D eigenvalue weighted by Crippen LogP contribution is 2.20. The smallest absolute Gasteiger partial charge is 0.192 e. The number of azo groups is 1. The molecule has 0 saturated heterocycles. The van der Waals surface area contributed by atoms with Gasteiger partial charge in [0.2, 0.25) is 0 Å². The van der Waals surface area contributed by atoms with Crippen molar-refractivity contribution in [1.82, 2.24) is 9.55 Å². The van der Waals surface area contributed by atoms with E-state index in [4.69, 9.17) is 0 Å². The van der Waals surface area contributed by atoms with Gasteiger partial charge in [-0.1, -0.05) is 0 Å². The second-order valence-electron chi connectivity index (χ2n) is 4.01. The second-order valence-corrected chi connectivity index (χ2v) is 4.01. The minimum atomic E-state index is 0.615. The molecule has 0 atom stereocenters. The fraction of sp³-hybridized carbons (Fsp3) is 0.250. The summed E-state index contributed by atoms with van der Waals surface area (Å²) in [5, 5.41) is 8.17. The highest BCUT2D eigenvalue weighted by Gasteiger charge is 1.96. The second kappa shape index (κ2) is 4.78. The van der Waals surface area contributed by atoms with E-state index >= 15 is 0 Å². The van der Waals surface area contributed by atoms with Crippen molar-refractivity contribution < 1.29 is 0 Å². The van der Waals surface area contributed by atoms with Crippen LogP contribution in [-0.4, -0.2) is 23.6 Å². The molecule has 0 bridgehead atoms. The number of hydrogen-bond acceptors (Lipinski definition) is 4. The minimum absolute atomic E-state index is 0.615. The van der Waals surface area contributed by atoms with Crippen LogP contribution < -0.4 is 4.90 Å². The van der Waals surface area contributed by atoms with Crippen molar-refractivity contribution in [3.63, 3.8) is 0 Å². The summed E-state index contributed by atoms with van der Waals surface area (Å²) >= 11 is 0. The molecule has 0 radical (unpaired) electrons. The molecule has 0 N–H and O–H groups in total. The number of nitrogens with zero attached hydrogens (tertiary/aromatic N) is 5. The maximum Gasteiger partial charge on any atom is 0.192 e. The van der Waals surface area contributed by atoms with E-state index in [2.05, 4.69) is 15.2 Å². The zero-order valence-corrected chi connectivity index (χ0v) is 10.2. The van der Waals surface area contributed by atoms with Crippen molar-refractivity contribution in [2.45, 2.75) is 0 Å². The third-order valence-electron chi connectivity index (χ3n) is 2.33. The Balaban J connectivity index is 2.11. The highest BCUT2D eigenvalue weighted by molar-refractivity contribution is 5.51. The maximum atomic E-state index is 4.12. The first-order chi connectivity index (χ1) is 8.15. The van der Waals surface area contributed by atoms with Crippen molar-refractivity contribution in [2.75, 3.05) is 19.0 Å². The Kier molecular flexibility index (Phi) is 3.18. The van der Waals surface area contributed by atoms with Gasteiger partial charge in [0.25, 0.3) is 0 Å². The average Bonchev–Trinajstić information content (AvgIpc) is 2.73. The zero-order chi connectivity index (χ0) is 12.3. The van der Waals surface area contributed by atoms with E-state index in [0.717, 1.165) is 11.4 Å². The summed E-state index contributed by atoms with van der Waals surface area (Å²) in [6, 6.07) is 7.88. The van der Waals surface area contributed by atoms with Crippen LogP contribution in [0.5, 0.6) is 0 Å². The SMILES string of the molecule is CN(C)c1ccc(N=Nc2cn(C)cn2)cc1. The largest absolute Gasteiger partial charge is 0.378 e. The third-order valence-corrected chi connectivity index (χ3v) is 2.33. The summed E-state index contributed by atoms with van der Waals surface area (Å²) in [5.74, 6) is 0.615. The Morgan fingerprint density at radius 2 is 1.82 bits per heavy atom. The van der Waals surface area contributed by atoms with Gasteiger partial charge in [-0.3, -0.25) is 0 Å². The molecular weight excluding hydrogens is 214 g/mol. The van der Waals surface area contributed by atoms with Crippen molar-refractivity contribution in [3.8, 4) is 0 Å². The minimum Gasteiger partial charge on any atom is -0.378 e. The number of rotatable bonds is 3. The fourth-order valence-corrected chi connectivity index (χ4v) is 1.38. The summed E-state index contributed by atoms with van der Waals surface area (Å²) in [6.45, 7) is 0. The number of aryl methyl sites for hydroxylation is 1. The first-order valence-electron chi connectivity index (χ1n) is 5.32. The molecule has 1 heterocycles. The molecular formula is C12H15N5. The van der Waals surface area contributed by atoms with E-state index < -0.39 is 0 Å². The molecule has 0 aliphatic carbocycles. The summed E-state index contributed by atoms with van der Waals surface area (Å²) in [7, 11) is 5.91. The summed E-state index contributed by atoms with van der Waals surface area (Å²) in [4.78, 5) is 6.11. The zero-order valence-electron chi connectivity index (χ0n) is 10.2. The molecule has 2 rings (SSSR count). The van der Waals surface area contributed by atoms with Gasteiger partial charge in [0, 0.05) is 26.8 Å². The van der Waals surface area contributed by atoms with Crippen LogP contribution in [0.15, 0.2) is 47.0 Å². The Labute approximate surface area is 100 Å². The molecule has 0 unspecified atom stereocenters. The van der Waals surface area contributed by atoms with E-state index in [1.54, 1.807) is 6.33 Å². The lowest BCUT2D eigenvalue weighted by atomic mass is 10.3. The van der Waals surface area contributed by atoms with Crippen LogP contribution in [-0.2, 0) is 7.05 Å². The summed E-state index contributed by atoms with van der Waals surface area (Å²) in [5.41, 5.74) is 1.96. The van der Waals surface area contributed by atoms with Gasteiger partial charge in [-0.25, -0.2) is 4.98 Å². The Bertz CT molecular complexity index is 510. The van der Waals surface area contributed by atoms with Gasteiger partial charge in [-0.15, -0.1) is 10.2 Å². The van der Waals surface area contributed by atoms with Gasteiger partial charge in [0.05, 0.1) is 18.2 Å². The molecule has 88 valence electrons. The van der Waals surface area contributed by atoms with Crippen LogP contribution in [0.1, 0.15) is 0 Å². The highest BCUT2D eigenvalue weighted by atomic mass is 15.2. The molecule has 5 heteroatoms. The van der Waals surface area contributed by atoms with Gasteiger partial charge in [-0.05, 0) is 24.3 Å².